The minimum Gasteiger partial charge on any atom is -0.363 e. The van der Waals surface area contributed by atoms with Gasteiger partial charge in [-0.25, -0.2) is 0 Å². The monoisotopic (exact) mass is 223 g/mol. The first-order valence-corrected chi connectivity index (χ1v) is 5.66. The average molecular weight is 223 g/mol. The van der Waals surface area contributed by atoms with Gasteiger partial charge < -0.3 is 15.6 Å². The van der Waals surface area contributed by atoms with Crippen molar-refractivity contribution in [1.82, 2.24) is 5.16 Å². The molecule has 5 heteroatoms. The zero-order valence-corrected chi connectivity index (χ0v) is 9.24. The first kappa shape index (κ1) is 11.1. The molecule has 1 heterocycles. The number of hydrogen-bond acceptors (Lipinski definition) is 4. The van der Waals surface area contributed by atoms with Gasteiger partial charge in [0.15, 0.2) is 0 Å². The van der Waals surface area contributed by atoms with Crippen molar-refractivity contribution in [3.05, 3.63) is 12.5 Å². The molecule has 3 N–H and O–H groups in total. The summed E-state index contributed by atoms with van der Waals surface area (Å²) < 4.78 is 4.63. The van der Waals surface area contributed by atoms with E-state index in [0.29, 0.717) is 12.1 Å². The fraction of sp³-hybridized carbons (Fsp3) is 0.636. The summed E-state index contributed by atoms with van der Waals surface area (Å²) in [5.74, 6) is -0.0624. The topological polar surface area (TPSA) is 81.2 Å². The fourth-order valence-electron chi connectivity index (χ4n) is 2.22. The van der Waals surface area contributed by atoms with Gasteiger partial charge in [0.25, 0.3) is 0 Å². The van der Waals surface area contributed by atoms with Crippen molar-refractivity contribution in [3.63, 3.8) is 0 Å². The minimum absolute atomic E-state index is 0.0624. The number of rotatable bonds is 3. The van der Waals surface area contributed by atoms with Crippen LogP contribution in [0.3, 0.4) is 0 Å². The number of hydrogen-bond donors (Lipinski definition) is 2. The second kappa shape index (κ2) is 4.65. The zero-order valence-electron chi connectivity index (χ0n) is 9.24. The molecule has 1 aromatic heterocycles. The Balaban J connectivity index is 1.86. The van der Waals surface area contributed by atoms with Gasteiger partial charge in [-0.2, -0.15) is 0 Å². The quantitative estimate of drug-likeness (QED) is 0.816. The number of amides is 1. The predicted octanol–water partition coefficient (Wildman–Crippen LogP) is 1.66. The summed E-state index contributed by atoms with van der Waals surface area (Å²) in [4.78, 5) is 11.7. The van der Waals surface area contributed by atoms with E-state index in [1.807, 2.05) is 0 Å². The van der Waals surface area contributed by atoms with E-state index in [9.17, 15) is 4.79 Å². The number of nitrogens with one attached hydrogen (secondary N) is 1. The number of carbonyl (C=O) groups is 1. The standard InChI is InChI=1S/C11H17N3O2/c12-11(4-2-1-3-5-11)6-10(15)14-9-7-13-16-8-9/h7-8H,1-6,12H2,(H,14,15). The lowest BCUT2D eigenvalue weighted by atomic mass is 9.80. The number of aromatic nitrogens is 1. The first-order valence-electron chi connectivity index (χ1n) is 5.66. The van der Waals surface area contributed by atoms with Crippen LogP contribution in [-0.2, 0) is 4.79 Å². The molecule has 0 bridgehead atoms. The summed E-state index contributed by atoms with van der Waals surface area (Å²) in [6.07, 6.45) is 8.59. The molecule has 1 aromatic rings. The molecule has 0 aromatic carbocycles. The molecule has 1 aliphatic rings. The first-order chi connectivity index (χ1) is 7.68. The summed E-state index contributed by atoms with van der Waals surface area (Å²) in [5, 5.41) is 6.24. The van der Waals surface area contributed by atoms with Crippen LogP contribution in [0, 0.1) is 0 Å². The van der Waals surface area contributed by atoms with Crippen LogP contribution in [0.1, 0.15) is 38.5 Å². The molecule has 0 atom stereocenters. The van der Waals surface area contributed by atoms with Gasteiger partial charge in [-0.05, 0) is 12.8 Å². The highest BCUT2D eigenvalue weighted by Gasteiger charge is 2.29. The summed E-state index contributed by atoms with van der Waals surface area (Å²) in [6.45, 7) is 0. The summed E-state index contributed by atoms with van der Waals surface area (Å²) in [7, 11) is 0. The maximum atomic E-state index is 11.7. The number of nitrogens with two attached hydrogens (primary N) is 1. The highest BCUT2D eigenvalue weighted by molar-refractivity contribution is 5.91. The molecule has 88 valence electrons. The third kappa shape index (κ3) is 2.82. The maximum Gasteiger partial charge on any atom is 0.226 e. The lowest BCUT2D eigenvalue weighted by Gasteiger charge is -2.32. The Morgan fingerprint density at radius 1 is 1.50 bits per heavy atom. The maximum absolute atomic E-state index is 11.7. The molecule has 0 unspecified atom stereocenters. The van der Waals surface area contributed by atoms with E-state index in [1.54, 1.807) is 0 Å². The van der Waals surface area contributed by atoms with Gasteiger partial charge >= 0.3 is 0 Å². The molecule has 16 heavy (non-hydrogen) atoms. The summed E-state index contributed by atoms with van der Waals surface area (Å²) in [5.41, 5.74) is 6.46. The van der Waals surface area contributed by atoms with E-state index < -0.39 is 0 Å². The van der Waals surface area contributed by atoms with Crippen molar-refractivity contribution in [2.24, 2.45) is 5.73 Å². The van der Waals surface area contributed by atoms with Gasteiger partial charge in [0.1, 0.15) is 12.0 Å². The van der Waals surface area contributed by atoms with Crippen molar-refractivity contribution in [3.8, 4) is 0 Å². The SMILES string of the molecule is NC1(CC(=O)Nc2cnoc2)CCCCC1. The lowest BCUT2D eigenvalue weighted by Crippen LogP contribution is -2.44. The zero-order chi connectivity index (χ0) is 11.4. The van der Waals surface area contributed by atoms with Crippen molar-refractivity contribution in [1.29, 1.82) is 0 Å². The molecule has 1 fully saturated rings. The van der Waals surface area contributed by atoms with E-state index in [4.69, 9.17) is 5.73 Å². The average Bonchev–Trinajstić information content (AvgIpc) is 2.70. The summed E-state index contributed by atoms with van der Waals surface area (Å²) >= 11 is 0. The second-order valence-electron chi connectivity index (χ2n) is 4.56. The van der Waals surface area contributed by atoms with Crippen LogP contribution in [0.2, 0.25) is 0 Å². The van der Waals surface area contributed by atoms with Crippen LogP contribution in [0.5, 0.6) is 0 Å². The molecule has 0 spiro atoms. The Bertz CT molecular complexity index is 342. The Morgan fingerprint density at radius 3 is 2.88 bits per heavy atom. The van der Waals surface area contributed by atoms with Crippen LogP contribution in [0.4, 0.5) is 5.69 Å². The summed E-state index contributed by atoms with van der Waals surface area (Å²) in [6, 6.07) is 0. The third-order valence-electron chi connectivity index (χ3n) is 3.08. The second-order valence-corrected chi connectivity index (χ2v) is 4.56. The molecule has 1 amide bonds. The number of nitrogens with zero attached hydrogens (tertiary/aromatic N) is 1. The fourth-order valence-corrected chi connectivity index (χ4v) is 2.22. The van der Waals surface area contributed by atoms with Crippen LogP contribution in [0.15, 0.2) is 17.0 Å². The number of carbonyl (C=O) groups excluding carboxylic acids is 1. The van der Waals surface area contributed by atoms with Crippen molar-refractivity contribution in [2.45, 2.75) is 44.1 Å². The molecule has 0 saturated heterocycles. The molecule has 0 radical (unpaired) electrons. The molecular weight excluding hydrogens is 206 g/mol. The van der Waals surface area contributed by atoms with E-state index in [0.717, 1.165) is 25.7 Å². The van der Waals surface area contributed by atoms with Crippen LogP contribution >= 0.6 is 0 Å². The normalized spacial score (nSPS) is 19.3. The van der Waals surface area contributed by atoms with Crippen LogP contribution < -0.4 is 11.1 Å². The van der Waals surface area contributed by atoms with Gasteiger partial charge in [-0.3, -0.25) is 4.79 Å². The van der Waals surface area contributed by atoms with Crippen molar-refractivity contribution in [2.75, 3.05) is 5.32 Å². The van der Waals surface area contributed by atoms with Gasteiger partial charge in [0.05, 0.1) is 6.20 Å². The predicted molar refractivity (Wildman–Crippen MR) is 59.8 cm³/mol. The van der Waals surface area contributed by atoms with Gasteiger partial charge in [-0.1, -0.05) is 24.4 Å². The Hall–Kier alpha value is -1.36. The van der Waals surface area contributed by atoms with E-state index in [1.165, 1.54) is 18.9 Å². The van der Waals surface area contributed by atoms with Gasteiger partial charge in [0, 0.05) is 12.0 Å². The van der Waals surface area contributed by atoms with Gasteiger partial charge in [0.2, 0.25) is 5.91 Å². The van der Waals surface area contributed by atoms with Crippen molar-refractivity contribution >= 4 is 11.6 Å². The minimum atomic E-state index is -0.320. The van der Waals surface area contributed by atoms with E-state index in [-0.39, 0.29) is 11.4 Å². The highest BCUT2D eigenvalue weighted by Crippen LogP contribution is 2.28. The molecule has 0 aliphatic heterocycles. The van der Waals surface area contributed by atoms with E-state index >= 15 is 0 Å². The van der Waals surface area contributed by atoms with Crippen molar-refractivity contribution < 1.29 is 9.32 Å². The Labute approximate surface area is 94.4 Å². The third-order valence-corrected chi connectivity index (χ3v) is 3.08. The number of anilines is 1. The smallest absolute Gasteiger partial charge is 0.226 e. The largest absolute Gasteiger partial charge is 0.363 e. The molecule has 1 saturated carbocycles. The van der Waals surface area contributed by atoms with Crippen LogP contribution in [-0.4, -0.2) is 16.6 Å². The Kier molecular flexibility index (Phi) is 3.24. The molecule has 1 aliphatic carbocycles. The van der Waals surface area contributed by atoms with E-state index in [2.05, 4.69) is 15.0 Å². The molecular formula is C11H17N3O2. The highest BCUT2D eigenvalue weighted by atomic mass is 16.5. The van der Waals surface area contributed by atoms with Gasteiger partial charge in [-0.15, -0.1) is 0 Å². The van der Waals surface area contributed by atoms with Crippen LogP contribution in [0.25, 0.3) is 0 Å². The lowest BCUT2D eigenvalue weighted by molar-refractivity contribution is -0.117. The molecule has 2 rings (SSSR count). The Morgan fingerprint density at radius 2 is 2.25 bits per heavy atom. The molecule has 5 nitrogen and oxygen atoms in total.